The van der Waals surface area contributed by atoms with Gasteiger partial charge >= 0.3 is 12.1 Å². The van der Waals surface area contributed by atoms with Crippen molar-refractivity contribution < 1.29 is 18.0 Å². The van der Waals surface area contributed by atoms with Gasteiger partial charge in [0.25, 0.3) is 0 Å². The molecule has 0 spiro atoms. The van der Waals surface area contributed by atoms with Crippen LogP contribution < -0.4 is 5.32 Å². The fourth-order valence-corrected chi connectivity index (χ4v) is 2.81. The van der Waals surface area contributed by atoms with Gasteiger partial charge in [-0.05, 0) is 34.7 Å². The molecule has 1 aliphatic rings. The number of nitrogens with one attached hydrogen (secondary N) is 1. The molecule has 3 rings (SSSR count). The molecule has 104 valence electrons. The molecule has 20 heavy (non-hydrogen) atoms. The van der Waals surface area contributed by atoms with Crippen LogP contribution in [-0.4, -0.2) is 18.1 Å². The summed E-state index contributed by atoms with van der Waals surface area (Å²) in [5.74, 6) is -1.87. The maximum atomic E-state index is 12.3. The molecule has 0 bridgehead atoms. The number of rotatable bonds is 1. The van der Waals surface area contributed by atoms with Gasteiger partial charge in [-0.1, -0.05) is 36.4 Å². The van der Waals surface area contributed by atoms with E-state index in [1.807, 2.05) is 36.4 Å². The SMILES string of the molecule is O=C(NC1Cc2cccc3cccc(c23)C1)C(F)(F)F. The summed E-state index contributed by atoms with van der Waals surface area (Å²) in [4.78, 5) is 11.1. The lowest BCUT2D eigenvalue weighted by atomic mass is 9.86. The smallest absolute Gasteiger partial charge is 0.345 e. The first-order valence-corrected chi connectivity index (χ1v) is 6.32. The maximum Gasteiger partial charge on any atom is 0.471 e. The van der Waals surface area contributed by atoms with Crippen LogP contribution >= 0.6 is 0 Å². The van der Waals surface area contributed by atoms with Gasteiger partial charge in [-0.2, -0.15) is 13.2 Å². The topological polar surface area (TPSA) is 29.1 Å². The first-order chi connectivity index (χ1) is 9.45. The van der Waals surface area contributed by atoms with Gasteiger partial charge in [-0.15, -0.1) is 0 Å². The highest BCUT2D eigenvalue weighted by atomic mass is 19.4. The van der Waals surface area contributed by atoms with Gasteiger partial charge in [0.1, 0.15) is 0 Å². The molecular formula is C15H12F3NO. The van der Waals surface area contributed by atoms with Crippen molar-refractivity contribution in [2.45, 2.75) is 25.1 Å². The number of carbonyl (C=O) groups excluding carboxylic acids is 1. The minimum atomic E-state index is -4.83. The van der Waals surface area contributed by atoms with Crippen LogP contribution in [0.3, 0.4) is 0 Å². The quantitative estimate of drug-likeness (QED) is 0.854. The third kappa shape index (κ3) is 2.24. The van der Waals surface area contributed by atoms with E-state index in [1.54, 1.807) is 0 Å². The molecule has 2 nitrogen and oxygen atoms in total. The number of alkyl halides is 3. The van der Waals surface area contributed by atoms with Gasteiger partial charge in [-0.25, -0.2) is 0 Å². The summed E-state index contributed by atoms with van der Waals surface area (Å²) in [7, 11) is 0. The van der Waals surface area contributed by atoms with Crippen molar-refractivity contribution in [2.24, 2.45) is 0 Å². The molecule has 1 aliphatic carbocycles. The van der Waals surface area contributed by atoms with Gasteiger partial charge in [0.05, 0.1) is 0 Å². The third-order valence-corrected chi connectivity index (χ3v) is 3.60. The Hall–Kier alpha value is -2.04. The molecule has 0 heterocycles. The standard InChI is InChI=1S/C15H12F3NO/c16-15(17,18)14(20)19-12-7-10-5-1-3-9-4-2-6-11(8-12)13(9)10/h1-6,12H,7-8H2,(H,19,20). The molecule has 1 amide bonds. The Morgan fingerprint density at radius 3 is 2.10 bits per heavy atom. The average molecular weight is 279 g/mol. The molecule has 1 N–H and O–H groups in total. The average Bonchev–Trinajstić information content (AvgIpc) is 2.38. The number of hydrogen-bond acceptors (Lipinski definition) is 1. The Kier molecular flexibility index (Phi) is 2.92. The largest absolute Gasteiger partial charge is 0.471 e. The van der Waals surface area contributed by atoms with Crippen molar-refractivity contribution in [2.75, 3.05) is 0 Å². The van der Waals surface area contributed by atoms with Gasteiger partial charge in [0.2, 0.25) is 0 Å². The highest BCUT2D eigenvalue weighted by Crippen LogP contribution is 2.30. The van der Waals surface area contributed by atoms with E-state index in [0.717, 1.165) is 21.9 Å². The Labute approximate surface area is 113 Å². The summed E-state index contributed by atoms with van der Waals surface area (Å²) < 4.78 is 36.9. The van der Waals surface area contributed by atoms with Crippen LogP contribution in [0, 0.1) is 0 Å². The molecule has 5 heteroatoms. The predicted octanol–water partition coefficient (Wildman–Crippen LogP) is 2.99. The van der Waals surface area contributed by atoms with Crippen LogP contribution in [0.2, 0.25) is 0 Å². The normalized spacial score (nSPS) is 15.3. The van der Waals surface area contributed by atoms with Crippen molar-refractivity contribution in [3.8, 4) is 0 Å². The van der Waals surface area contributed by atoms with Gasteiger partial charge in [0.15, 0.2) is 0 Å². The summed E-state index contributed by atoms with van der Waals surface area (Å²) in [5, 5.41) is 4.27. The molecule has 0 saturated carbocycles. The van der Waals surface area contributed by atoms with E-state index in [2.05, 4.69) is 5.32 Å². The van der Waals surface area contributed by atoms with Crippen molar-refractivity contribution in [3.05, 3.63) is 47.5 Å². The highest BCUT2D eigenvalue weighted by Gasteiger charge is 2.40. The summed E-state index contributed by atoms with van der Waals surface area (Å²) >= 11 is 0. The zero-order chi connectivity index (χ0) is 14.3. The Balaban J connectivity index is 1.90. The van der Waals surface area contributed by atoms with E-state index < -0.39 is 18.1 Å². The van der Waals surface area contributed by atoms with Crippen LogP contribution in [0.1, 0.15) is 11.1 Å². The van der Waals surface area contributed by atoms with Crippen LogP contribution in [0.25, 0.3) is 10.8 Å². The third-order valence-electron chi connectivity index (χ3n) is 3.60. The number of hydrogen-bond donors (Lipinski definition) is 1. The van der Waals surface area contributed by atoms with Crippen molar-refractivity contribution in [3.63, 3.8) is 0 Å². The first-order valence-electron chi connectivity index (χ1n) is 6.32. The van der Waals surface area contributed by atoms with Crippen molar-refractivity contribution in [1.29, 1.82) is 0 Å². The molecule has 0 saturated heterocycles. The van der Waals surface area contributed by atoms with Crippen LogP contribution in [0.5, 0.6) is 0 Å². The number of halogens is 3. The van der Waals surface area contributed by atoms with E-state index in [9.17, 15) is 18.0 Å². The second kappa shape index (κ2) is 4.51. The lowest BCUT2D eigenvalue weighted by Gasteiger charge is -2.26. The maximum absolute atomic E-state index is 12.3. The summed E-state index contributed by atoms with van der Waals surface area (Å²) in [5.41, 5.74) is 1.97. The molecule has 0 unspecified atom stereocenters. The van der Waals surface area contributed by atoms with Crippen LogP contribution in [-0.2, 0) is 17.6 Å². The first kappa shape index (κ1) is 13.0. The molecule has 0 fully saturated rings. The van der Waals surface area contributed by atoms with Crippen LogP contribution in [0.15, 0.2) is 36.4 Å². The molecule has 2 aromatic carbocycles. The van der Waals surface area contributed by atoms with Crippen LogP contribution in [0.4, 0.5) is 13.2 Å². The van der Waals surface area contributed by atoms with Gasteiger partial charge < -0.3 is 5.32 Å². The van der Waals surface area contributed by atoms with E-state index in [0.29, 0.717) is 12.8 Å². The second-order valence-electron chi connectivity index (χ2n) is 5.01. The fourth-order valence-electron chi connectivity index (χ4n) is 2.81. The number of amides is 1. The number of carbonyl (C=O) groups is 1. The Bertz CT molecular complexity index is 638. The zero-order valence-electron chi connectivity index (χ0n) is 10.5. The molecule has 0 aromatic heterocycles. The molecule has 0 radical (unpaired) electrons. The summed E-state index contributed by atoms with van der Waals surface area (Å²) in [6.45, 7) is 0. The van der Waals surface area contributed by atoms with E-state index in [4.69, 9.17) is 0 Å². The Morgan fingerprint density at radius 2 is 1.60 bits per heavy atom. The summed E-state index contributed by atoms with van der Waals surface area (Å²) in [6.07, 6.45) is -3.98. The molecule has 2 aromatic rings. The van der Waals surface area contributed by atoms with E-state index >= 15 is 0 Å². The Morgan fingerprint density at radius 1 is 1.05 bits per heavy atom. The van der Waals surface area contributed by atoms with Crippen molar-refractivity contribution >= 4 is 16.7 Å². The monoisotopic (exact) mass is 279 g/mol. The predicted molar refractivity (Wildman–Crippen MR) is 69.3 cm³/mol. The van der Waals surface area contributed by atoms with Gasteiger partial charge in [-0.3, -0.25) is 4.79 Å². The number of benzene rings is 2. The fraction of sp³-hybridized carbons (Fsp3) is 0.267. The molecular weight excluding hydrogens is 267 g/mol. The lowest BCUT2D eigenvalue weighted by molar-refractivity contribution is -0.174. The molecule has 0 aliphatic heterocycles. The minimum Gasteiger partial charge on any atom is -0.345 e. The second-order valence-corrected chi connectivity index (χ2v) is 5.01. The van der Waals surface area contributed by atoms with E-state index in [1.165, 1.54) is 0 Å². The lowest BCUT2D eigenvalue weighted by Crippen LogP contribution is -2.45. The highest BCUT2D eigenvalue weighted by molar-refractivity contribution is 5.90. The summed E-state index contributed by atoms with van der Waals surface area (Å²) in [6, 6.07) is 11.0. The molecule has 0 atom stereocenters. The van der Waals surface area contributed by atoms with Gasteiger partial charge in [0, 0.05) is 6.04 Å². The van der Waals surface area contributed by atoms with Crippen molar-refractivity contribution in [1.82, 2.24) is 5.32 Å². The minimum absolute atomic E-state index is 0.427. The van der Waals surface area contributed by atoms with E-state index in [-0.39, 0.29) is 0 Å². The zero-order valence-corrected chi connectivity index (χ0v) is 10.5.